The van der Waals surface area contributed by atoms with Gasteiger partial charge in [-0.15, -0.1) is 0 Å². The molecule has 0 spiro atoms. The van der Waals surface area contributed by atoms with E-state index in [9.17, 15) is 9.59 Å². The normalized spacial score (nSPS) is 13.1. The lowest BCUT2D eigenvalue weighted by molar-refractivity contribution is -0.123. The molecule has 0 radical (unpaired) electrons. The van der Waals surface area contributed by atoms with Gasteiger partial charge in [0.15, 0.2) is 18.1 Å². The first-order chi connectivity index (χ1) is 14.9. The van der Waals surface area contributed by atoms with Gasteiger partial charge in [-0.05, 0) is 55.8 Å². The number of nitrogens with zero attached hydrogens (tertiary/aromatic N) is 2. The molecule has 0 unspecified atom stereocenters. The van der Waals surface area contributed by atoms with E-state index in [2.05, 4.69) is 15.6 Å². The number of amides is 2. The van der Waals surface area contributed by atoms with Gasteiger partial charge in [0.05, 0.1) is 7.11 Å². The molecule has 31 heavy (non-hydrogen) atoms. The van der Waals surface area contributed by atoms with Crippen LogP contribution in [0.1, 0.15) is 29.8 Å². The molecule has 4 bridgehead atoms. The summed E-state index contributed by atoms with van der Waals surface area (Å²) in [6.45, 7) is 3.92. The van der Waals surface area contributed by atoms with Gasteiger partial charge >= 0.3 is 0 Å². The molecular formula is C23H24N4O4. The van der Waals surface area contributed by atoms with Crippen LogP contribution in [-0.4, -0.2) is 41.1 Å². The molecule has 8 nitrogen and oxygen atoms in total. The third-order valence-corrected chi connectivity index (χ3v) is 4.85. The monoisotopic (exact) mass is 420 g/mol. The van der Waals surface area contributed by atoms with Crippen LogP contribution >= 0.6 is 0 Å². The fraction of sp³-hybridized carbons (Fsp3) is 0.261. The van der Waals surface area contributed by atoms with Gasteiger partial charge in [0.25, 0.3) is 11.8 Å². The third kappa shape index (κ3) is 4.37. The topological polar surface area (TPSA) is 94.5 Å². The summed E-state index contributed by atoms with van der Waals surface area (Å²) in [4.78, 5) is 29.5. The van der Waals surface area contributed by atoms with Gasteiger partial charge in [0.1, 0.15) is 5.82 Å². The van der Waals surface area contributed by atoms with E-state index in [1.54, 1.807) is 31.5 Å². The first-order valence-corrected chi connectivity index (χ1v) is 10.0. The first kappa shape index (κ1) is 20.5. The predicted octanol–water partition coefficient (Wildman–Crippen LogP) is 2.69. The van der Waals surface area contributed by atoms with E-state index in [-0.39, 0.29) is 31.0 Å². The van der Waals surface area contributed by atoms with Crippen LogP contribution in [0.5, 0.6) is 11.5 Å². The highest BCUT2D eigenvalue weighted by molar-refractivity contribution is 5.95. The number of rotatable bonds is 3. The summed E-state index contributed by atoms with van der Waals surface area (Å²) in [7, 11) is 1.55. The van der Waals surface area contributed by atoms with E-state index in [0.29, 0.717) is 22.9 Å². The van der Waals surface area contributed by atoms with Crippen LogP contribution in [0.2, 0.25) is 0 Å². The number of carbonyl (C=O) groups is 2. The average Bonchev–Trinajstić information content (AvgIpc) is 3.25. The molecule has 2 heterocycles. The highest BCUT2D eigenvalue weighted by Gasteiger charge is 2.17. The summed E-state index contributed by atoms with van der Waals surface area (Å²) in [5.41, 5.74) is 2.87. The van der Waals surface area contributed by atoms with E-state index >= 15 is 0 Å². The Morgan fingerprint density at radius 3 is 2.87 bits per heavy atom. The highest BCUT2D eigenvalue weighted by Crippen LogP contribution is 2.33. The number of fused-ring (bicyclic) bond motifs is 7. The second-order valence-electron chi connectivity index (χ2n) is 7.57. The second-order valence-corrected chi connectivity index (χ2v) is 7.57. The fourth-order valence-electron chi connectivity index (χ4n) is 3.44. The Morgan fingerprint density at radius 2 is 2.10 bits per heavy atom. The molecule has 3 aromatic rings. The van der Waals surface area contributed by atoms with Crippen LogP contribution in [0.4, 0.5) is 0 Å². The van der Waals surface area contributed by atoms with Gasteiger partial charge in [-0.3, -0.25) is 14.2 Å². The summed E-state index contributed by atoms with van der Waals surface area (Å²) >= 11 is 0. The molecule has 2 N–H and O–H groups in total. The van der Waals surface area contributed by atoms with Gasteiger partial charge in [-0.2, -0.15) is 0 Å². The molecule has 4 rings (SSSR count). The Morgan fingerprint density at radius 1 is 1.26 bits per heavy atom. The molecule has 0 saturated carbocycles. The van der Waals surface area contributed by atoms with Crippen LogP contribution in [0, 0.1) is 0 Å². The van der Waals surface area contributed by atoms with Crippen molar-refractivity contribution in [3.63, 3.8) is 0 Å². The van der Waals surface area contributed by atoms with Gasteiger partial charge in [-0.25, -0.2) is 4.98 Å². The zero-order valence-corrected chi connectivity index (χ0v) is 17.6. The van der Waals surface area contributed by atoms with Crippen LogP contribution in [-0.2, 0) is 11.3 Å². The van der Waals surface area contributed by atoms with Crippen molar-refractivity contribution in [2.45, 2.75) is 26.4 Å². The molecule has 2 aromatic carbocycles. The van der Waals surface area contributed by atoms with Crippen molar-refractivity contribution in [2.24, 2.45) is 0 Å². The molecule has 0 fully saturated rings. The lowest BCUT2D eigenvalue weighted by atomic mass is 10.1. The Balaban J connectivity index is 1.87. The van der Waals surface area contributed by atoms with Crippen molar-refractivity contribution >= 4 is 11.8 Å². The number of hydrogen-bond donors (Lipinski definition) is 2. The van der Waals surface area contributed by atoms with Crippen LogP contribution in [0.3, 0.4) is 0 Å². The summed E-state index contributed by atoms with van der Waals surface area (Å²) < 4.78 is 13.0. The molecule has 1 aromatic heterocycles. The van der Waals surface area contributed by atoms with Gasteiger partial charge in [0, 0.05) is 41.8 Å². The van der Waals surface area contributed by atoms with E-state index in [1.165, 1.54) is 0 Å². The molecule has 1 aliphatic heterocycles. The van der Waals surface area contributed by atoms with Crippen molar-refractivity contribution < 1.29 is 19.1 Å². The van der Waals surface area contributed by atoms with Crippen molar-refractivity contribution in [3.05, 3.63) is 59.9 Å². The van der Waals surface area contributed by atoms with Gasteiger partial charge in [0.2, 0.25) is 0 Å². The Labute approximate surface area is 180 Å². The summed E-state index contributed by atoms with van der Waals surface area (Å²) in [6, 6.07) is 11.0. The summed E-state index contributed by atoms with van der Waals surface area (Å²) in [5, 5.41) is 5.76. The maximum Gasteiger partial charge on any atom is 0.258 e. The minimum absolute atomic E-state index is 0.00657. The SMILES string of the molecule is COc1ccc2cc1OCC(=O)NCc1cc(C(=O)NC(C)C)cc(c1)-n1ccnc1-2. The average molecular weight is 420 g/mol. The highest BCUT2D eigenvalue weighted by atomic mass is 16.5. The lowest BCUT2D eigenvalue weighted by Gasteiger charge is -2.14. The third-order valence-electron chi connectivity index (χ3n) is 4.85. The Kier molecular flexibility index (Phi) is 5.62. The predicted molar refractivity (Wildman–Crippen MR) is 115 cm³/mol. The van der Waals surface area contributed by atoms with Gasteiger partial charge in [-0.1, -0.05) is 0 Å². The maximum atomic E-state index is 12.7. The van der Waals surface area contributed by atoms with Crippen molar-refractivity contribution in [1.29, 1.82) is 0 Å². The molecule has 160 valence electrons. The number of hydrogen-bond acceptors (Lipinski definition) is 5. The second kappa shape index (κ2) is 8.51. The number of imidazole rings is 1. The minimum atomic E-state index is -0.275. The molecule has 0 aliphatic carbocycles. The molecule has 0 atom stereocenters. The standard InChI is InChI=1S/C23H24N4O4/c1-14(2)26-23(29)17-8-15-9-18(10-17)27-7-6-24-22(27)16-4-5-19(30-3)20(11-16)31-13-21(28)25-12-15/h4-11,14H,12-13H2,1-3H3,(H,25,28)(H,26,29). The molecule has 0 saturated heterocycles. The summed E-state index contributed by atoms with van der Waals surface area (Å²) in [5.74, 6) is 1.21. The molecule has 8 heteroatoms. The number of nitrogens with one attached hydrogen (secondary N) is 2. The van der Waals surface area contributed by atoms with E-state index in [1.807, 2.05) is 42.8 Å². The van der Waals surface area contributed by atoms with Crippen LogP contribution in [0.25, 0.3) is 17.1 Å². The van der Waals surface area contributed by atoms with E-state index in [4.69, 9.17) is 9.47 Å². The van der Waals surface area contributed by atoms with E-state index < -0.39 is 0 Å². The zero-order valence-electron chi connectivity index (χ0n) is 17.6. The number of aromatic nitrogens is 2. The number of ether oxygens (including phenoxy) is 2. The smallest absolute Gasteiger partial charge is 0.258 e. The molecule has 2 amide bonds. The summed E-state index contributed by atoms with van der Waals surface area (Å²) in [6.07, 6.45) is 3.54. The minimum Gasteiger partial charge on any atom is -0.493 e. The van der Waals surface area contributed by atoms with Crippen molar-refractivity contribution in [1.82, 2.24) is 20.2 Å². The number of carbonyl (C=O) groups excluding carboxylic acids is 2. The molecule has 1 aliphatic rings. The van der Waals surface area contributed by atoms with Crippen molar-refractivity contribution in [2.75, 3.05) is 13.7 Å². The van der Waals surface area contributed by atoms with Crippen LogP contribution in [0.15, 0.2) is 48.8 Å². The fourth-order valence-corrected chi connectivity index (χ4v) is 3.44. The largest absolute Gasteiger partial charge is 0.493 e. The number of benzene rings is 2. The zero-order chi connectivity index (χ0) is 22.0. The maximum absolute atomic E-state index is 12.7. The van der Waals surface area contributed by atoms with Crippen molar-refractivity contribution in [3.8, 4) is 28.6 Å². The Bertz CT molecular complexity index is 1140. The quantitative estimate of drug-likeness (QED) is 0.679. The number of methoxy groups -OCH3 is 1. The lowest BCUT2D eigenvalue weighted by Crippen LogP contribution is -2.31. The Hall–Kier alpha value is -3.81. The first-order valence-electron chi connectivity index (χ1n) is 10.0. The van der Waals surface area contributed by atoms with Gasteiger partial charge < -0.3 is 20.1 Å². The van der Waals surface area contributed by atoms with Crippen LogP contribution < -0.4 is 20.1 Å². The van der Waals surface area contributed by atoms with E-state index in [0.717, 1.165) is 16.8 Å². The molecular weight excluding hydrogens is 396 g/mol.